The molecule has 1 aromatic rings. The number of alkyl halides is 5. The van der Waals surface area contributed by atoms with E-state index < -0.39 is 34.5 Å². The number of halogens is 7. The second kappa shape index (κ2) is 5.75. The largest absolute Gasteiger partial charge is 0.446 e. The molecule has 1 aromatic carbocycles. The van der Waals surface area contributed by atoms with Crippen molar-refractivity contribution in [2.75, 3.05) is 0 Å². The lowest BCUT2D eigenvalue weighted by atomic mass is 10.3. The molecule has 0 amide bonds. The van der Waals surface area contributed by atoms with Gasteiger partial charge in [-0.3, -0.25) is 0 Å². The molecule has 0 spiro atoms. The summed E-state index contributed by atoms with van der Waals surface area (Å²) in [4.78, 5) is -0.445. The maximum absolute atomic E-state index is 12.2. The van der Waals surface area contributed by atoms with E-state index in [1.807, 2.05) is 0 Å². The lowest BCUT2D eigenvalue weighted by Crippen LogP contribution is -2.06. The highest BCUT2D eigenvalue weighted by Gasteiger charge is 2.32. The molecule has 1 nitrogen and oxygen atoms in total. The van der Waals surface area contributed by atoms with Crippen molar-refractivity contribution in [3.63, 3.8) is 0 Å². The third-order valence-corrected chi connectivity index (χ3v) is 3.21. The molecule has 0 radical (unpaired) electrons. The molecule has 0 saturated heterocycles. The first-order valence-corrected chi connectivity index (χ1v) is 6.29. The molecule has 1 rings (SSSR count). The minimum absolute atomic E-state index is 0.0129. The van der Waals surface area contributed by atoms with E-state index in [0.29, 0.717) is 4.47 Å². The van der Waals surface area contributed by atoms with Crippen molar-refractivity contribution in [1.82, 2.24) is 0 Å². The molecule has 0 saturated carbocycles. The molecule has 0 aliphatic heterocycles. The standard InChI is InChI=1S/C8H3Br2F5OS/c9-3-1-4(10)6(16-7(11)12)5(2-3)17-8(13,14)15/h1-2,7H. The number of benzene rings is 1. The Labute approximate surface area is 114 Å². The molecule has 0 aromatic heterocycles. The molecule has 0 unspecified atom stereocenters. The normalized spacial score (nSPS) is 12.0. The van der Waals surface area contributed by atoms with Gasteiger partial charge in [0.25, 0.3) is 0 Å². The zero-order valence-corrected chi connectivity index (χ0v) is 11.7. The Bertz CT molecular complexity index is 410. The first-order valence-electron chi connectivity index (χ1n) is 3.88. The minimum Gasteiger partial charge on any atom is -0.432 e. The first-order chi connectivity index (χ1) is 7.69. The fourth-order valence-electron chi connectivity index (χ4n) is 0.941. The molecular formula is C8H3Br2F5OS. The second-order valence-corrected chi connectivity index (χ2v) is 5.52. The fourth-order valence-corrected chi connectivity index (χ4v) is 3.23. The average Bonchev–Trinajstić information content (AvgIpc) is 2.07. The van der Waals surface area contributed by atoms with E-state index in [9.17, 15) is 22.0 Å². The molecule has 0 heterocycles. The van der Waals surface area contributed by atoms with Gasteiger partial charge in [0, 0.05) is 4.47 Å². The Morgan fingerprint density at radius 1 is 1.18 bits per heavy atom. The smallest absolute Gasteiger partial charge is 0.432 e. The van der Waals surface area contributed by atoms with Crippen LogP contribution in [-0.2, 0) is 0 Å². The third-order valence-electron chi connectivity index (χ3n) is 1.41. The number of hydrogen-bond donors (Lipinski definition) is 0. The van der Waals surface area contributed by atoms with E-state index in [0.717, 1.165) is 6.07 Å². The van der Waals surface area contributed by atoms with E-state index in [1.54, 1.807) is 0 Å². The van der Waals surface area contributed by atoms with E-state index in [2.05, 4.69) is 36.6 Å². The van der Waals surface area contributed by atoms with Crippen molar-refractivity contribution in [3.05, 3.63) is 21.1 Å². The molecule has 0 fully saturated rings. The van der Waals surface area contributed by atoms with Crippen molar-refractivity contribution >= 4 is 43.6 Å². The van der Waals surface area contributed by atoms with Crippen molar-refractivity contribution in [2.24, 2.45) is 0 Å². The summed E-state index contributed by atoms with van der Waals surface area (Å²) >= 11 is 5.31. The van der Waals surface area contributed by atoms with Crippen LogP contribution in [0.4, 0.5) is 22.0 Å². The second-order valence-electron chi connectivity index (χ2n) is 2.64. The Morgan fingerprint density at radius 2 is 1.76 bits per heavy atom. The SMILES string of the molecule is FC(F)Oc1c(Br)cc(Br)cc1SC(F)(F)F. The topological polar surface area (TPSA) is 9.23 Å². The zero-order valence-electron chi connectivity index (χ0n) is 7.69. The van der Waals surface area contributed by atoms with Crippen molar-refractivity contribution < 1.29 is 26.7 Å². The molecule has 0 atom stereocenters. The third kappa shape index (κ3) is 5.01. The maximum Gasteiger partial charge on any atom is 0.446 e. The van der Waals surface area contributed by atoms with Crippen LogP contribution in [0.15, 0.2) is 26.0 Å². The quantitative estimate of drug-likeness (QED) is 0.493. The van der Waals surface area contributed by atoms with Gasteiger partial charge in [-0.1, -0.05) is 15.9 Å². The van der Waals surface area contributed by atoms with Gasteiger partial charge >= 0.3 is 12.1 Å². The zero-order chi connectivity index (χ0) is 13.2. The fraction of sp³-hybridized carbons (Fsp3) is 0.250. The van der Waals surface area contributed by atoms with Gasteiger partial charge in [0.1, 0.15) is 0 Å². The highest BCUT2D eigenvalue weighted by Crippen LogP contribution is 2.46. The van der Waals surface area contributed by atoms with Gasteiger partial charge in [-0.05, 0) is 39.8 Å². The summed E-state index contributed by atoms with van der Waals surface area (Å²) in [5.74, 6) is -0.537. The van der Waals surface area contributed by atoms with E-state index in [1.165, 1.54) is 6.07 Å². The van der Waals surface area contributed by atoms with Crippen LogP contribution < -0.4 is 4.74 Å². The van der Waals surface area contributed by atoms with Crippen LogP contribution >= 0.6 is 43.6 Å². The molecular weight excluding hydrogens is 399 g/mol. The van der Waals surface area contributed by atoms with Gasteiger partial charge in [0.05, 0.1) is 9.37 Å². The lowest BCUT2D eigenvalue weighted by molar-refractivity contribution is -0.0533. The average molecular weight is 402 g/mol. The highest BCUT2D eigenvalue weighted by molar-refractivity contribution is 9.11. The number of thioether (sulfide) groups is 1. The monoisotopic (exact) mass is 400 g/mol. The summed E-state index contributed by atoms with van der Waals surface area (Å²) in [7, 11) is 0. The summed E-state index contributed by atoms with van der Waals surface area (Å²) in [5.41, 5.74) is -4.58. The predicted octanol–water partition coefficient (Wildman–Crippen LogP) is 5.42. The maximum atomic E-state index is 12.2. The van der Waals surface area contributed by atoms with Crippen LogP contribution in [0.25, 0.3) is 0 Å². The predicted molar refractivity (Wildman–Crippen MR) is 60.4 cm³/mol. The van der Waals surface area contributed by atoms with Crippen LogP contribution in [0.3, 0.4) is 0 Å². The summed E-state index contributed by atoms with van der Waals surface area (Å²) in [5, 5.41) is 0. The van der Waals surface area contributed by atoms with Gasteiger partial charge in [-0.25, -0.2) is 0 Å². The van der Waals surface area contributed by atoms with Gasteiger partial charge in [0.2, 0.25) is 0 Å². The van der Waals surface area contributed by atoms with E-state index in [4.69, 9.17) is 0 Å². The van der Waals surface area contributed by atoms with Crippen LogP contribution in [-0.4, -0.2) is 12.1 Å². The Hall–Kier alpha value is -0.0200. The number of rotatable bonds is 3. The molecule has 96 valence electrons. The van der Waals surface area contributed by atoms with Crippen molar-refractivity contribution in [2.45, 2.75) is 17.0 Å². The summed E-state index contributed by atoms with van der Waals surface area (Å²) < 4.78 is 65.2. The highest BCUT2D eigenvalue weighted by atomic mass is 79.9. The molecule has 9 heteroatoms. The van der Waals surface area contributed by atoms with Crippen molar-refractivity contribution in [1.29, 1.82) is 0 Å². The molecule has 0 N–H and O–H groups in total. The van der Waals surface area contributed by atoms with Gasteiger partial charge in [0.15, 0.2) is 5.75 Å². The first kappa shape index (κ1) is 15.0. The van der Waals surface area contributed by atoms with E-state index in [-0.39, 0.29) is 4.47 Å². The summed E-state index contributed by atoms with van der Waals surface area (Å²) in [6, 6.07) is 2.37. The van der Waals surface area contributed by atoms with Crippen LogP contribution in [0, 0.1) is 0 Å². The number of hydrogen-bond acceptors (Lipinski definition) is 2. The Kier molecular flexibility index (Phi) is 5.08. The van der Waals surface area contributed by atoms with Gasteiger partial charge in [-0.2, -0.15) is 22.0 Å². The minimum atomic E-state index is -4.58. The van der Waals surface area contributed by atoms with Gasteiger partial charge < -0.3 is 4.74 Å². The summed E-state index contributed by atoms with van der Waals surface area (Å²) in [6.45, 7) is -3.19. The summed E-state index contributed by atoms with van der Waals surface area (Å²) in [6.07, 6.45) is 0. The molecule has 17 heavy (non-hydrogen) atoms. The van der Waals surface area contributed by atoms with Gasteiger partial charge in [-0.15, -0.1) is 0 Å². The van der Waals surface area contributed by atoms with E-state index >= 15 is 0 Å². The van der Waals surface area contributed by atoms with Crippen molar-refractivity contribution in [3.8, 4) is 5.75 Å². The molecule has 0 aliphatic carbocycles. The molecule has 0 bridgehead atoms. The van der Waals surface area contributed by atoms with Crippen LogP contribution in [0.1, 0.15) is 0 Å². The Morgan fingerprint density at radius 3 is 2.24 bits per heavy atom. The lowest BCUT2D eigenvalue weighted by Gasteiger charge is -2.14. The Balaban J connectivity index is 3.15. The van der Waals surface area contributed by atoms with Crippen LogP contribution in [0.2, 0.25) is 0 Å². The number of ether oxygens (including phenoxy) is 1. The van der Waals surface area contributed by atoms with Crippen LogP contribution in [0.5, 0.6) is 5.75 Å². The molecule has 0 aliphatic rings.